The van der Waals surface area contributed by atoms with Crippen LogP contribution in [0.3, 0.4) is 0 Å². The molecule has 1 heterocycles. The molecule has 1 aliphatic heterocycles. The molecule has 0 radical (unpaired) electrons. The Morgan fingerprint density at radius 3 is 2.57 bits per heavy atom. The third-order valence-corrected chi connectivity index (χ3v) is 3.78. The average Bonchev–Trinajstić information content (AvgIpc) is 2.40. The predicted molar refractivity (Wildman–Crippen MR) is 80.3 cm³/mol. The first kappa shape index (κ1) is 17.2. The van der Waals surface area contributed by atoms with Crippen LogP contribution in [0, 0.1) is 0 Å². The number of hydrogen-bond acceptors (Lipinski definition) is 4. The van der Waals surface area contributed by atoms with E-state index < -0.39 is 23.4 Å². The number of nitrogens with one attached hydrogen (secondary N) is 1. The van der Waals surface area contributed by atoms with Gasteiger partial charge in [0.25, 0.3) is 0 Å². The van der Waals surface area contributed by atoms with E-state index in [1.807, 2.05) is 0 Å². The molecule has 1 rings (SSSR count). The van der Waals surface area contributed by atoms with Crippen molar-refractivity contribution < 1.29 is 18.3 Å². The molecule has 0 spiro atoms. The molecule has 0 bridgehead atoms. The lowest BCUT2D eigenvalue weighted by molar-refractivity contribution is -0.119. The molecule has 0 aromatic heterocycles. The normalized spacial score (nSPS) is 27.1. The molecule has 116 valence electrons. The molecular formula is C14H19N2O4S-. The Kier molecular flexibility index (Phi) is 6.39. The largest absolute Gasteiger partial charge is 0.755 e. The van der Waals surface area contributed by atoms with Crippen molar-refractivity contribution in [1.29, 1.82) is 0 Å². The van der Waals surface area contributed by atoms with Crippen molar-refractivity contribution in [3.63, 3.8) is 0 Å². The minimum atomic E-state index is -2.47. The highest BCUT2D eigenvalue weighted by atomic mass is 32.2. The Balaban J connectivity index is 3.16. The lowest BCUT2D eigenvalue weighted by atomic mass is 10.1. The van der Waals surface area contributed by atoms with E-state index in [2.05, 4.69) is 18.5 Å². The van der Waals surface area contributed by atoms with Crippen LogP contribution in [0.5, 0.6) is 0 Å². The first-order valence-electron chi connectivity index (χ1n) is 6.37. The van der Waals surface area contributed by atoms with E-state index in [1.54, 1.807) is 19.1 Å². The van der Waals surface area contributed by atoms with Gasteiger partial charge < -0.3 is 14.6 Å². The van der Waals surface area contributed by atoms with Crippen molar-refractivity contribution >= 4 is 17.2 Å². The number of hydrogen-bond donors (Lipinski definition) is 1. The Morgan fingerprint density at radius 2 is 2.10 bits per heavy atom. The summed E-state index contributed by atoms with van der Waals surface area (Å²) in [7, 11) is 0. The second kappa shape index (κ2) is 7.80. The Labute approximate surface area is 127 Å². The molecule has 0 saturated carbocycles. The van der Waals surface area contributed by atoms with Crippen molar-refractivity contribution in [2.75, 3.05) is 6.54 Å². The number of rotatable bonds is 5. The second-order valence-corrected chi connectivity index (χ2v) is 5.26. The first-order chi connectivity index (χ1) is 9.92. The van der Waals surface area contributed by atoms with E-state index in [0.29, 0.717) is 11.5 Å². The van der Waals surface area contributed by atoms with Gasteiger partial charge in [0, 0.05) is 18.2 Å². The summed E-state index contributed by atoms with van der Waals surface area (Å²) in [5.41, 5.74) is 0.379. The molecule has 1 amide bonds. The third-order valence-electron chi connectivity index (χ3n) is 2.93. The highest BCUT2D eigenvalue weighted by Crippen LogP contribution is 2.30. The third kappa shape index (κ3) is 4.30. The zero-order valence-electron chi connectivity index (χ0n) is 12.1. The fourth-order valence-electron chi connectivity index (χ4n) is 1.97. The summed E-state index contributed by atoms with van der Waals surface area (Å²) in [4.78, 5) is 11.0. The Morgan fingerprint density at radius 1 is 1.48 bits per heavy atom. The fraction of sp³-hybridized carbons (Fsp3) is 0.357. The molecule has 7 heteroatoms. The van der Waals surface area contributed by atoms with Gasteiger partial charge in [0.1, 0.15) is 11.9 Å². The summed E-state index contributed by atoms with van der Waals surface area (Å²) >= 11 is -2.47. The van der Waals surface area contributed by atoms with Gasteiger partial charge in [0.05, 0.1) is 18.3 Å². The Hall–Kier alpha value is -1.86. The number of nitrogens with zero attached hydrogens (tertiary/aromatic N) is 1. The minimum Gasteiger partial charge on any atom is -0.755 e. The van der Waals surface area contributed by atoms with E-state index in [1.165, 1.54) is 23.4 Å². The van der Waals surface area contributed by atoms with Crippen molar-refractivity contribution in [3.05, 3.63) is 48.9 Å². The smallest absolute Gasteiger partial charge is 0.217 e. The maximum Gasteiger partial charge on any atom is 0.217 e. The molecule has 1 saturated heterocycles. The van der Waals surface area contributed by atoms with E-state index in [4.69, 9.17) is 4.74 Å². The summed E-state index contributed by atoms with van der Waals surface area (Å²) in [6, 6.07) is -0.469. The molecule has 3 atom stereocenters. The second-order valence-electron chi connectivity index (χ2n) is 4.43. The van der Waals surface area contributed by atoms with Crippen LogP contribution in [-0.2, 0) is 20.8 Å². The van der Waals surface area contributed by atoms with E-state index in [0.717, 1.165) is 0 Å². The quantitative estimate of drug-likeness (QED) is 0.772. The summed E-state index contributed by atoms with van der Waals surface area (Å²) < 4.78 is 30.1. The van der Waals surface area contributed by atoms with Gasteiger partial charge in [-0.1, -0.05) is 25.3 Å². The number of carbonyl (C=O) groups excluding carboxylic acids is 1. The van der Waals surface area contributed by atoms with Crippen LogP contribution in [0.4, 0.5) is 0 Å². The predicted octanol–water partition coefficient (Wildman–Crippen LogP) is 1.15. The molecule has 0 aromatic carbocycles. The number of ether oxygens (including phenoxy) is 1. The minimum absolute atomic E-state index is 0.206. The standard InChI is InChI=1S/C14H20N2O4S/c1-5-7-12-13(8-6-2)20-14(9-15-11(4)17)10(3)16(12)21(18)19/h5-8,10,14H,1-2,9H2,3-4H3,(H,15,17)(H,18,19)/p-1/b12-7+,13-8+/t10-,14+/m1/s1. The zero-order valence-corrected chi connectivity index (χ0v) is 12.9. The summed E-state index contributed by atoms with van der Waals surface area (Å²) in [5, 5.41) is 2.63. The molecule has 0 aliphatic carbocycles. The maximum absolute atomic E-state index is 11.5. The summed E-state index contributed by atoms with van der Waals surface area (Å²) in [6.45, 7) is 10.5. The van der Waals surface area contributed by atoms with Gasteiger partial charge in [-0.15, -0.1) is 0 Å². The van der Waals surface area contributed by atoms with Gasteiger partial charge in [0.15, 0.2) is 0 Å². The molecular weight excluding hydrogens is 292 g/mol. The number of amides is 1. The molecule has 21 heavy (non-hydrogen) atoms. The average molecular weight is 311 g/mol. The molecule has 6 nitrogen and oxygen atoms in total. The van der Waals surface area contributed by atoms with Gasteiger partial charge in [-0.3, -0.25) is 13.3 Å². The van der Waals surface area contributed by atoms with Crippen LogP contribution in [0.25, 0.3) is 0 Å². The van der Waals surface area contributed by atoms with E-state index >= 15 is 0 Å². The fourth-order valence-corrected chi connectivity index (χ4v) is 2.69. The lowest BCUT2D eigenvalue weighted by Gasteiger charge is -2.43. The SMILES string of the molecule is C=C/C=C1/O[C@@H](CNC(C)=O)[C@@H](C)N(S(=O)[O-])/C1=C/C=C. The van der Waals surface area contributed by atoms with Crippen LogP contribution in [-0.4, -0.2) is 37.7 Å². The molecule has 1 fully saturated rings. The topological polar surface area (TPSA) is 81.7 Å². The van der Waals surface area contributed by atoms with Crippen LogP contribution < -0.4 is 5.32 Å². The van der Waals surface area contributed by atoms with Gasteiger partial charge in [0.2, 0.25) is 5.91 Å². The van der Waals surface area contributed by atoms with Crippen LogP contribution in [0.15, 0.2) is 48.9 Å². The van der Waals surface area contributed by atoms with Crippen molar-refractivity contribution in [2.24, 2.45) is 0 Å². The molecule has 0 aromatic rings. The number of allylic oxidation sites excluding steroid dienone is 4. The van der Waals surface area contributed by atoms with E-state index in [-0.39, 0.29) is 12.5 Å². The monoisotopic (exact) mass is 311 g/mol. The van der Waals surface area contributed by atoms with Crippen LogP contribution in [0.2, 0.25) is 0 Å². The van der Waals surface area contributed by atoms with Crippen LogP contribution in [0.1, 0.15) is 13.8 Å². The van der Waals surface area contributed by atoms with Crippen molar-refractivity contribution in [3.8, 4) is 0 Å². The molecule has 1 aliphatic rings. The van der Waals surface area contributed by atoms with Crippen LogP contribution >= 0.6 is 0 Å². The highest BCUT2D eigenvalue weighted by Gasteiger charge is 2.35. The summed E-state index contributed by atoms with van der Waals surface area (Å²) in [6.07, 6.45) is 5.61. The number of morpholine rings is 1. The van der Waals surface area contributed by atoms with Gasteiger partial charge >= 0.3 is 0 Å². The van der Waals surface area contributed by atoms with Gasteiger partial charge in [-0.2, -0.15) is 0 Å². The maximum atomic E-state index is 11.5. The van der Waals surface area contributed by atoms with E-state index in [9.17, 15) is 13.6 Å². The zero-order chi connectivity index (χ0) is 16.0. The highest BCUT2D eigenvalue weighted by molar-refractivity contribution is 7.76. The summed E-state index contributed by atoms with van der Waals surface area (Å²) in [5.74, 6) is 0.157. The lowest BCUT2D eigenvalue weighted by Crippen LogP contribution is -2.52. The Bertz CT molecular complexity index is 513. The van der Waals surface area contributed by atoms with Crippen molar-refractivity contribution in [2.45, 2.75) is 26.0 Å². The molecule has 1 unspecified atom stereocenters. The van der Waals surface area contributed by atoms with Gasteiger partial charge in [-0.25, -0.2) is 0 Å². The number of carbonyl (C=O) groups is 1. The molecule has 1 N–H and O–H groups in total. The first-order valence-corrected chi connectivity index (χ1v) is 7.41. The van der Waals surface area contributed by atoms with Gasteiger partial charge in [-0.05, 0) is 19.1 Å². The van der Waals surface area contributed by atoms with Crippen molar-refractivity contribution in [1.82, 2.24) is 9.62 Å².